The Morgan fingerprint density at radius 3 is 2.05 bits per heavy atom. The molecule has 0 atom stereocenters. The van der Waals surface area contributed by atoms with Crippen LogP contribution in [0.5, 0.6) is 0 Å². The number of unbranched alkanes of at least 4 members (excludes halogenated alkanes) is 1. The predicted molar refractivity (Wildman–Crippen MR) is 71.9 cm³/mol. The van der Waals surface area contributed by atoms with Gasteiger partial charge < -0.3 is 14.2 Å². The van der Waals surface area contributed by atoms with Crippen LogP contribution in [0.15, 0.2) is 0 Å². The van der Waals surface area contributed by atoms with Gasteiger partial charge in [0.15, 0.2) is 0 Å². The Hall–Kier alpha value is -1.59. The van der Waals surface area contributed by atoms with Crippen LogP contribution in [-0.2, 0) is 28.6 Å². The maximum absolute atomic E-state index is 10.6. The third-order valence-corrected chi connectivity index (χ3v) is 2.76. The molecule has 6 heteroatoms. The van der Waals surface area contributed by atoms with Gasteiger partial charge >= 0.3 is 17.9 Å². The minimum Gasteiger partial charge on any atom is -0.469 e. The Kier molecular flexibility index (Phi) is 11.5. The van der Waals surface area contributed by atoms with E-state index in [0.717, 1.165) is 19.3 Å². The van der Waals surface area contributed by atoms with E-state index in [4.69, 9.17) is 4.74 Å². The van der Waals surface area contributed by atoms with Crippen LogP contribution in [0.25, 0.3) is 0 Å². The highest BCUT2D eigenvalue weighted by atomic mass is 16.5. The topological polar surface area (TPSA) is 78.9 Å². The molecule has 0 aromatic carbocycles. The molecule has 1 rings (SSSR count). The van der Waals surface area contributed by atoms with Crippen molar-refractivity contribution in [3.8, 4) is 0 Å². The Labute approximate surface area is 119 Å². The molecule has 1 fully saturated rings. The maximum Gasteiger partial charge on any atom is 0.305 e. The molecule has 0 amide bonds. The molecule has 116 valence electrons. The molecule has 0 N–H and O–H groups in total. The van der Waals surface area contributed by atoms with Gasteiger partial charge in [-0.05, 0) is 32.1 Å². The monoisotopic (exact) mass is 288 g/mol. The van der Waals surface area contributed by atoms with E-state index < -0.39 is 0 Å². The fourth-order valence-corrected chi connectivity index (χ4v) is 1.55. The summed E-state index contributed by atoms with van der Waals surface area (Å²) in [6.45, 7) is 0.638. The lowest BCUT2D eigenvalue weighted by molar-refractivity contribution is -0.143. The van der Waals surface area contributed by atoms with Gasteiger partial charge in [0.25, 0.3) is 0 Å². The van der Waals surface area contributed by atoms with Crippen molar-refractivity contribution in [1.29, 1.82) is 0 Å². The Morgan fingerprint density at radius 1 is 1.00 bits per heavy atom. The number of carbonyl (C=O) groups excluding carboxylic acids is 3. The smallest absolute Gasteiger partial charge is 0.305 e. The molecular formula is C14H24O6. The first kappa shape index (κ1) is 18.4. The van der Waals surface area contributed by atoms with Crippen molar-refractivity contribution >= 4 is 17.9 Å². The second kappa shape index (κ2) is 12.4. The largest absolute Gasteiger partial charge is 0.469 e. The van der Waals surface area contributed by atoms with Crippen molar-refractivity contribution < 1.29 is 28.6 Å². The molecule has 1 aliphatic heterocycles. The molecule has 20 heavy (non-hydrogen) atoms. The number of methoxy groups -OCH3 is 2. The van der Waals surface area contributed by atoms with E-state index in [1.807, 2.05) is 0 Å². The van der Waals surface area contributed by atoms with E-state index in [2.05, 4.69) is 9.47 Å². The number of esters is 3. The third kappa shape index (κ3) is 11.5. The van der Waals surface area contributed by atoms with Crippen LogP contribution in [-0.4, -0.2) is 38.7 Å². The summed E-state index contributed by atoms with van der Waals surface area (Å²) in [6.07, 6.45) is 5.90. The summed E-state index contributed by atoms with van der Waals surface area (Å²) in [4.78, 5) is 31.6. The van der Waals surface area contributed by atoms with Crippen molar-refractivity contribution in [2.24, 2.45) is 0 Å². The number of hydrogen-bond donors (Lipinski definition) is 0. The highest BCUT2D eigenvalue weighted by Crippen LogP contribution is 2.06. The van der Waals surface area contributed by atoms with E-state index in [1.165, 1.54) is 14.2 Å². The summed E-state index contributed by atoms with van der Waals surface area (Å²) in [7, 11) is 2.70. The highest BCUT2D eigenvalue weighted by molar-refractivity contribution is 5.70. The van der Waals surface area contributed by atoms with Gasteiger partial charge in [0, 0.05) is 19.3 Å². The number of cyclic esters (lactones) is 1. The van der Waals surface area contributed by atoms with Gasteiger partial charge in [0.05, 0.1) is 20.8 Å². The number of rotatable bonds is 5. The molecule has 0 unspecified atom stereocenters. The van der Waals surface area contributed by atoms with Crippen molar-refractivity contribution in [2.75, 3.05) is 20.8 Å². The molecule has 0 spiro atoms. The zero-order valence-corrected chi connectivity index (χ0v) is 12.3. The summed E-state index contributed by atoms with van der Waals surface area (Å²) in [5.74, 6) is -0.498. The second-order valence-corrected chi connectivity index (χ2v) is 4.39. The van der Waals surface area contributed by atoms with Crippen LogP contribution in [0.1, 0.15) is 51.4 Å². The Bertz CT molecular complexity index is 272. The molecule has 1 saturated heterocycles. The standard InChI is InChI=1S/C8H14O4.C6H10O2/c1-11-7(9)5-3-4-6-8(10)12-2;7-6-4-2-1-3-5-8-6/h3-6H2,1-2H3;1-5H2. The molecule has 0 bridgehead atoms. The van der Waals surface area contributed by atoms with Crippen LogP contribution in [0.3, 0.4) is 0 Å². The lowest BCUT2D eigenvalue weighted by Gasteiger charge is -1.98. The van der Waals surface area contributed by atoms with Crippen LogP contribution in [0.2, 0.25) is 0 Å². The van der Waals surface area contributed by atoms with Crippen LogP contribution in [0, 0.1) is 0 Å². The summed E-state index contributed by atoms with van der Waals surface area (Å²) in [5.41, 5.74) is 0. The van der Waals surface area contributed by atoms with E-state index in [0.29, 0.717) is 38.7 Å². The zero-order chi connectivity index (χ0) is 15.2. The number of hydrogen-bond acceptors (Lipinski definition) is 6. The van der Waals surface area contributed by atoms with Gasteiger partial charge in [-0.2, -0.15) is 0 Å². The van der Waals surface area contributed by atoms with Crippen molar-refractivity contribution in [3.63, 3.8) is 0 Å². The quantitative estimate of drug-likeness (QED) is 0.437. The lowest BCUT2D eigenvalue weighted by atomic mass is 10.2. The van der Waals surface area contributed by atoms with Gasteiger partial charge in [-0.1, -0.05) is 0 Å². The van der Waals surface area contributed by atoms with Crippen molar-refractivity contribution in [2.45, 2.75) is 51.4 Å². The minimum atomic E-state index is -0.236. The molecule has 0 radical (unpaired) electrons. The normalized spacial score (nSPS) is 14.2. The van der Waals surface area contributed by atoms with Crippen molar-refractivity contribution in [1.82, 2.24) is 0 Å². The average Bonchev–Trinajstić information content (AvgIpc) is 2.71. The molecule has 1 heterocycles. The number of ether oxygens (including phenoxy) is 3. The van der Waals surface area contributed by atoms with Gasteiger partial charge in [0.2, 0.25) is 0 Å². The third-order valence-electron chi connectivity index (χ3n) is 2.76. The summed E-state index contributed by atoms with van der Waals surface area (Å²) >= 11 is 0. The second-order valence-electron chi connectivity index (χ2n) is 4.39. The molecule has 0 aliphatic carbocycles. The van der Waals surface area contributed by atoms with Gasteiger partial charge in [0.1, 0.15) is 0 Å². The highest BCUT2D eigenvalue weighted by Gasteiger charge is 2.05. The van der Waals surface area contributed by atoms with E-state index in [1.54, 1.807) is 0 Å². The van der Waals surface area contributed by atoms with Crippen LogP contribution >= 0.6 is 0 Å². The van der Waals surface area contributed by atoms with E-state index >= 15 is 0 Å². The SMILES string of the molecule is COC(=O)CCCCC(=O)OC.O=C1CCCCCO1. The minimum absolute atomic E-state index is 0.0255. The van der Waals surface area contributed by atoms with Crippen LogP contribution in [0.4, 0.5) is 0 Å². The maximum atomic E-state index is 10.6. The predicted octanol–water partition coefficient (Wildman–Crippen LogP) is 2.00. The van der Waals surface area contributed by atoms with Crippen LogP contribution < -0.4 is 0 Å². The van der Waals surface area contributed by atoms with Crippen molar-refractivity contribution in [3.05, 3.63) is 0 Å². The summed E-state index contributed by atoms with van der Waals surface area (Å²) in [5, 5.41) is 0. The van der Waals surface area contributed by atoms with Gasteiger partial charge in [-0.25, -0.2) is 0 Å². The molecule has 1 aliphatic rings. The molecule has 0 aromatic rings. The molecular weight excluding hydrogens is 264 g/mol. The first-order chi connectivity index (χ1) is 9.60. The molecule has 0 aromatic heterocycles. The Balaban J connectivity index is 0.000000388. The summed E-state index contributed by atoms with van der Waals surface area (Å²) < 4.78 is 13.6. The average molecular weight is 288 g/mol. The first-order valence-corrected chi connectivity index (χ1v) is 6.89. The van der Waals surface area contributed by atoms with Gasteiger partial charge in [-0.15, -0.1) is 0 Å². The molecule has 6 nitrogen and oxygen atoms in total. The number of carbonyl (C=O) groups is 3. The Morgan fingerprint density at radius 2 is 1.55 bits per heavy atom. The molecule has 0 saturated carbocycles. The van der Waals surface area contributed by atoms with E-state index in [9.17, 15) is 14.4 Å². The van der Waals surface area contributed by atoms with E-state index in [-0.39, 0.29) is 17.9 Å². The zero-order valence-electron chi connectivity index (χ0n) is 12.3. The fraction of sp³-hybridized carbons (Fsp3) is 0.786. The summed E-state index contributed by atoms with van der Waals surface area (Å²) in [6, 6.07) is 0. The fourth-order valence-electron chi connectivity index (χ4n) is 1.55. The first-order valence-electron chi connectivity index (χ1n) is 6.89. The lowest BCUT2D eigenvalue weighted by Crippen LogP contribution is -2.02. The van der Waals surface area contributed by atoms with Gasteiger partial charge in [-0.3, -0.25) is 14.4 Å².